The summed E-state index contributed by atoms with van der Waals surface area (Å²) >= 11 is 6.32. The third-order valence-electron chi connectivity index (χ3n) is 4.83. The van der Waals surface area contributed by atoms with Crippen LogP contribution in [0.5, 0.6) is 0 Å². The van der Waals surface area contributed by atoms with Gasteiger partial charge in [-0.05, 0) is 41.5 Å². The lowest BCUT2D eigenvalue weighted by atomic mass is 9.91. The number of imide groups is 1. The number of hydrogen-bond donors (Lipinski definition) is 2. The van der Waals surface area contributed by atoms with Crippen LogP contribution in [0.15, 0.2) is 72.9 Å². The first-order valence-electron chi connectivity index (χ1n) is 9.24. The molecule has 0 saturated heterocycles. The number of anilines is 1. The number of carbonyl (C=O) groups excluding carboxylic acids is 2. The lowest BCUT2D eigenvalue weighted by Crippen LogP contribution is -2.36. The van der Waals surface area contributed by atoms with Gasteiger partial charge < -0.3 is 5.32 Å². The molecular formula is C24H16ClN3O2. The highest BCUT2D eigenvalue weighted by Crippen LogP contribution is 2.33. The van der Waals surface area contributed by atoms with Gasteiger partial charge in [0.25, 0.3) is 11.8 Å². The standard InChI is InChI=1S/C24H16ClN3O2/c25-22-4-2-1-3-18(22)16-7-10-19-20(13-16)21(24(30)28-23(19)29)14-27-17-8-5-15(6-9-17)11-12-26/h1-10,13-14,27H,11H2,(H,28,29,30)/b21-14-. The van der Waals surface area contributed by atoms with Crippen LogP contribution in [-0.4, -0.2) is 11.8 Å². The van der Waals surface area contributed by atoms with Crippen LogP contribution in [0.2, 0.25) is 5.02 Å². The number of carbonyl (C=O) groups is 2. The van der Waals surface area contributed by atoms with Gasteiger partial charge in [0.15, 0.2) is 0 Å². The maximum absolute atomic E-state index is 12.5. The van der Waals surface area contributed by atoms with Crippen molar-refractivity contribution in [1.82, 2.24) is 5.32 Å². The topological polar surface area (TPSA) is 82.0 Å². The molecule has 30 heavy (non-hydrogen) atoms. The summed E-state index contributed by atoms with van der Waals surface area (Å²) < 4.78 is 0. The maximum atomic E-state index is 12.5. The van der Waals surface area contributed by atoms with E-state index in [1.165, 1.54) is 0 Å². The maximum Gasteiger partial charge on any atom is 0.260 e. The van der Waals surface area contributed by atoms with Gasteiger partial charge in [-0.25, -0.2) is 0 Å². The summed E-state index contributed by atoms with van der Waals surface area (Å²) in [6, 6.07) is 22.2. The van der Waals surface area contributed by atoms with E-state index < -0.39 is 11.8 Å². The fraction of sp³-hybridized carbons (Fsp3) is 0.0417. The molecule has 0 bridgehead atoms. The molecule has 0 atom stereocenters. The summed E-state index contributed by atoms with van der Waals surface area (Å²) in [7, 11) is 0. The van der Waals surface area contributed by atoms with Crippen molar-refractivity contribution in [2.45, 2.75) is 6.42 Å². The smallest absolute Gasteiger partial charge is 0.260 e. The molecule has 2 N–H and O–H groups in total. The summed E-state index contributed by atoms with van der Waals surface area (Å²) in [6.07, 6.45) is 1.92. The Labute approximate surface area is 178 Å². The van der Waals surface area contributed by atoms with Gasteiger partial charge in [0.2, 0.25) is 0 Å². The van der Waals surface area contributed by atoms with Crippen molar-refractivity contribution in [2.75, 3.05) is 5.32 Å². The molecule has 3 aromatic rings. The van der Waals surface area contributed by atoms with Gasteiger partial charge in [0, 0.05) is 33.6 Å². The van der Waals surface area contributed by atoms with E-state index in [-0.39, 0.29) is 0 Å². The first-order valence-corrected chi connectivity index (χ1v) is 9.62. The molecule has 0 unspecified atom stereocenters. The van der Waals surface area contributed by atoms with Crippen LogP contribution >= 0.6 is 11.6 Å². The van der Waals surface area contributed by atoms with Crippen molar-refractivity contribution in [3.8, 4) is 17.2 Å². The average Bonchev–Trinajstić information content (AvgIpc) is 2.75. The Balaban J connectivity index is 1.72. The minimum Gasteiger partial charge on any atom is -0.361 e. The van der Waals surface area contributed by atoms with Gasteiger partial charge in [-0.3, -0.25) is 14.9 Å². The molecule has 0 saturated carbocycles. The fourth-order valence-electron chi connectivity index (χ4n) is 3.30. The molecule has 1 heterocycles. The summed E-state index contributed by atoms with van der Waals surface area (Å²) in [5.41, 5.74) is 4.61. The number of nitriles is 1. The highest BCUT2D eigenvalue weighted by molar-refractivity contribution is 6.34. The van der Waals surface area contributed by atoms with Crippen LogP contribution in [0.1, 0.15) is 21.5 Å². The van der Waals surface area contributed by atoms with Gasteiger partial charge in [0.05, 0.1) is 18.1 Å². The van der Waals surface area contributed by atoms with Gasteiger partial charge in [-0.15, -0.1) is 0 Å². The Morgan fingerprint density at radius 1 is 0.933 bits per heavy atom. The lowest BCUT2D eigenvalue weighted by Gasteiger charge is -2.20. The van der Waals surface area contributed by atoms with Crippen molar-refractivity contribution in [2.24, 2.45) is 0 Å². The summed E-state index contributed by atoms with van der Waals surface area (Å²) in [5.74, 6) is -0.906. The number of hydrogen-bond acceptors (Lipinski definition) is 4. The number of fused-ring (bicyclic) bond motifs is 1. The normalized spacial score (nSPS) is 14.1. The minimum atomic E-state index is -0.475. The Kier molecular flexibility index (Phi) is 5.34. The predicted octanol–water partition coefficient (Wildman–Crippen LogP) is 4.80. The van der Waals surface area contributed by atoms with E-state index in [0.29, 0.717) is 28.1 Å². The minimum absolute atomic E-state index is 0.337. The Morgan fingerprint density at radius 2 is 1.70 bits per heavy atom. The molecule has 0 aliphatic carbocycles. The highest BCUT2D eigenvalue weighted by Gasteiger charge is 2.27. The molecule has 0 fully saturated rings. The molecule has 1 aliphatic heterocycles. The molecular weight excluding hydrogens is 398 g/mol. The van der Waals surface area contributed by atoms with Crippen molar-refractivity contribution in [3.63, 3.8) is 0 Å². The molecule has 5 nitrogen and oxygen atoms in total. The highest BCUT2D eigenvalue weighted by atomic mass is 35.5. The monoisotopic (exact) mass is 413 g/mol. The van der Waals surface area contributed by atoms with Crippen LogP contribution in [0.25, 0.3) is 16.7 Å². The third-order valence-corrected chi connectivity index (χ3v) is 5.16. The van der Waals surface area contributed by atoms with E-state index in [4.69, 9.17) is 16.9 Å². The van der Waals surface area contributed by atoms with E-state index in [1.807, 2.05) is 48.5 Å². The van der Waals surface area contributed by atoms with Gasteiger partial charge in [-0.2, -0.15) is 5.26 Å². The molecule has 2 amide bonds. The Bertz CT molecular complexity index is 1220. The zero-order chi connectivity index (χ0) is 21.1. The van der Waals surface area contributed by atoms with E-state index in [1.54, 1.807) is 24.4 Å². The third kappa shape index (κ3) is 3.82. The van der Waals surface area contributed by atoms with E-state index in [9.17, 15) is 9.59 Å². The Hall–Kier alpha value is -3.88. The molecule has 0 radical (unpaired) electrons. The average molecular weight is 414 g/mol. The van der Waals surface area contributed by atoms with E-state index >= 15 is 0 Å². The molecule has 0 spiro atoms. The van der Waals surface area contributed by atoms with Crippen molar-refractivity contribution >= 4 is 34.7 Å². The molecule has 1 aliphatic rings. The number of amides is 2. The van der Waals surface area contributed by atoms with Crippen molar-refractivity contribution in [1.29, 1.82) is 5.26 Å². The second kappa shape index (κ2) is 8.24. The summed E-state index contributed by atoms with van der Waals surface area (Å²) in [4.78, 5) is 24.8. The zero-order valence-electron chi connectivity index (χ0n) is 15.8. The van der Waals surface area contributed by atoms with Crippen LogP contribution in [0.3, 0.4) is 0 Å². The van der Waals surface area contributed by atoms with E-state index in [0.717, 1.165) is 22.4 Å². The number of rotatable bonds is 4. The zero-order valence-corrected chi connectivity index (χ0v) is 16.5. The molecule has 0 aromatic heterocycles. The molecule has 4 rings (SSSR count). The predicted molar refractivity (Wildman–Crippen MR) is 117 cm³/mol. The number of nitrogens with one attached hydrogen (secondary N) is 2. The largest absolute Gasteiger partial charge is 0.361 e. The number of halogens is 1. The van der Waals surface area contributed by atoms with Crippen LogP contribution in [-0.2, 0) is 11.2 Å². The second-order valence-corrected chi connectivity index (χ2v) is 7.16. The fourth-order valence-corrected chi connectivity index (χ4v) is 3.54. The van der Waals surface area contributed by atoms with Crippen LogP contribution in [0.4, 0.5) is 5.69 Å². The number of nitrogens with zero attached hydrogens (tertiary/aromatic N) is 1. The second-order valence-electron chi connectivity index (χ2n) is 6.76. The molecule has 6 heteroatoms. The summed E-state index contributed by atoms with van der Waals surface area (Å²) in [6.45, 7) is 0. The molecule has 146 valence electrons. The van der Waals surface area contributed by atoms with Gasteiger partial charge >= 0.3 is 0 Å². The lowest BCUT2D eigenvalue weighted by molar-refractivity contribution is -0.114. The van der Waals surface area contributed by atoms with Crippen LogP contribution < -0.4 is 10.6 Å². The quantitative estimate of drug-likeness (QED) is 0.475. The van der Waals surface area contributed by atoms with Gasteiger partial charge in [-0.1, -0.05) is 48.0 Å². The SMILES string of the molecule is N#CCc1ccc(N/C=C2\C(=O)NC(=O)c3ccc(-c4ccccc4Cl)cc32)cc1. The first-order chi connectivity index (χ1) is 14.6. The van der Waals surface area contributed by atoms with E-state index in [2.05, 4.69) is 16.7 Å². The van der Waals surface area contributed by atoms with Gasteiger partial charge in [0.1, 0.15) is 0 Å². The van der Waals surface area contributed by atoms with Crippen molar-refractivity contribution < 1.29 is 9.59 Å². The number of benzene rings is 3. The van der Waals surface area contributed by atoms with Crippen LogP contribution in [0, 0.1) is 11.3 Å². The Morgan fingerprint density at radius 3 is 2.43 bits per heavy atom. The first kappa shape index (κ1) is 19.4. The molecule has 3 aromatic carbocycles. The summed E-state index contributed by atoms with van der Waals surface area (Å²) in [5, 5.41) is 14.8. The van der Waals surface area contributed by atoms with Crippen molar-refractivity contribution in [3.05, 3.63) is 94.6 Å².